The van der Waals surface area contributed by atoms with E-state index in [1.807, 2.05) is 0 Å². The molecule has 0 bridgehead atoms. The Morgan fingerprint density at radius 1 is 1.71 bits per heavy atom. The molecule has 0 amide bonds. The van der Waals surface area contributed by atoms with E-state index in [9.17, 15) is 10.1 Å². The summed E-state index contributed by atoms with van der Waals surface area (Å²) in [6.07, 6.45) is 1.53. The Bertz CT molecular complexity index is 341. The van der Waals surface area contributed by atoms with Gasteiger partial charge in [0.1, 0.15) is 0 Å². The summed E-state index contributed by atoms with van der Waals surface area (Å²) in [7, 11) is 0. The van der Waals surface area contributed by atoms with Gasteiger partial charge in [-0.25, -0.2) is 4.98 Å². The highest BCUT2D eigenvalue weighted by molar-refractivity contribution is 5.56. The Labute approximate surface area is 80.7 Å². The van der Waals surface area contributed by atoms with E-state index in [2.05, 4.69) is 10.3 Å². The highest BCUT2D eigenvalue weighted by Gasteiger charge is 2.14. The molecule has 6 nitrogen and oxygen atoms in total. The van der Waals surface area contributed by atoms with Gasteiger partial charge >= 0.3 is 5.69 Å². The molecule has 0 aromatic carbocycles. The fourth-order valence-corrected chi connectivity index (χ4v) is 1.00. The fourth-order valence-electron chi connectivity index (χ4n) is 1.00. The van der Waals surface area contributed by atoms with Gasteiger partial charge < -0.3 is 10.4 Å². The van der Waals surface area contributed by atoms with Gasteiger partial charge in [-0.1, -0.05) is 0 Å². The molecule has 0 radical (unpaired) electrons. The van der Waals surface area contributed by atoms with Gasteiger partial charge in [-0.15, -0.1) is 0 Å². The van der Waals surface area contributed by atoms with Gasteiger partial charge in [0.05, 0.1) is 11.5 Å². The molecule has 0 aliphatic rings. The maximum Gasteiger partial charge on any atom is 0.311 e. The smallest absolute Gasteiger partial charge is 0.311 e. The molecule has 2 N–H and O–H groups in total. The van der Waals surface area contributed by atoms with Gasteiger partial charge in [0.15, 0.2) is 0 Å². The number of aliphatic hydroxyl groups is 1. The highest BCUT2D eigenvalue weighted by atomic mass is 16.6. The van der Waals surface area contributed by atoms with Crippen LogP contribution >= 0.6 is 0 Å². The molecule has 0 atom stereocenters. The second-order valence-corrected chi connectivity index (χ2v) is 2.79. The summed E-state index contributed by atoms with van der Waals surface area (Å²) in [4.78, 5) is 14.0. The maximum atomic E-state index is 10.6. The largest absolute Gasteiger partial charge is 0.395 e. The molecule has 1 rings (SSSR count). The lowest BCUT2D eigenvalue weighted by atomic mass is 10.3. The second-order valence-electron chi connectivity index (χ2n) is 2.79. The van der Waals surface area contributed by atoms with Crippen molar-refractivity contribution in [1.29, 1.82) is 0 Å². The summed E-state index contributed by atoms with van der Waals surface area (Å²) < 4.78 is 0. The number of anilines is 1. The minimum Gasteiger partial charge on any atom is -0.395 e. The molecule has 0 unspecified atom stereocenters. The number of pyridine rings is 1. The number of nitrogens with one attached hydrogen (secondary N) is 1. The van der Waals surface area contributed by atoms with E-state index < -0.39 is 4.92 Å². The van der Waals surface area contributed by atoms with Crippen molar-refractivity contribution in [1.82, 2.24) is 4.98 Å². The minimum atomic E-state index is -0.500. The van der Waals surface area contributed by atoms with Gasteiger partial charge in [-0.3, -0.25) is 10.1 Å². The Morgan fingerprint density at radius 2 is 2.43 bits per heavy atom. The third-order valence-electron chi connectivity index (χ3n) is 1.61. The quantitative estimate of drug-likeness (QED) is 0.548. The lowest BCUT2D eigenvalue weighted by Crippen LogP contribution is -2.09. The molecule has 6 heteroatoms. The average Bonchev–Trinajstić information content (AvgIpc) is 2.15. The normalized spacial score (nSPS) is 9.86. The van der Waals surface area contributed by atoms with Crippen LogP contribution in [0.3, 0.4) is 0 Å². The monoisotopic (exact) mass is 197 g/mol. The predicted octanol–water partition coefficient (Wildman–Crippen LogP) is 0.702. The van der Waals surface area contributed by atoms with Crippen molar-refractivity contribution in [3.05, 3.63) is 27.9 Å². The van der Waals surface area contributed by atoms with Crippen molar-refractivity contribution in [2.75, 3.05) is 18.5 Å². The Kier molecular flexibility index (Phi) is 3.35. The maximum absolute atomic E-state index is 10.6. The zero-order chi connectivity index (χ0) is 10.6. The number of rotatable bonds is 4. The molecule has 1 aromatic rings. The molecule has 0 aliphatic heterocycles. The lowest BCUT2D eigenvalue weighted by Gasteiger charge is -2.04. The van der Waals surface area contributed by atoms with Crippen molar-refractivity contribution in [3.8, 4) is 0 Å². The lowest BCUT2D eigenvalue weighted by molar-refractivity contribution is -0.384. The van der Waals surface area contributed by atoms with E-state index in [1.165, 1.54) is 12.3 Å². The van der Waals surface area contributed by atoms with Gasteiger partial charge in [0, 0.05) is 18.8 Å². The summed E-state index contributed by atoms with van der Waals surface area (Å²) in [5.74, 6) is 0.189. The van der Waals surface area contributed by atoms with Crippen LogP contribution in [-0.4, -0.2) is 28.2 Å². The van der Waals surface area contributed by atoms with E-state index in [0.29, 0.717) is 0 Å². The SMILES string of the molecule is Cc1cnc(NCCO)c([N+](=O)[O-])c1. The standard InChI is InChI=1S/C8H11N3O3/c1-6-4-7(11(13)14)8(10-5-6)9-2-3-12/h4-5,12H,2-3H2,1H3,(H,9,10). The topological polar surface area (TPSA) is 88.3 Å². The number of aromatic nitrogens is 1. The second kappa shape index (κ2) is 4.52. The summed E-state index contributed by atoms with van der Waals surface area (Å²) in [6, 6.07) is 1.44. The summed E-state index contributed by atoms with van der Waals surface area (Å²) in [5.41, 5.74) is 0.657. The van der Waals surface area contributed by atoms with E-state index in [1.54, 1.807) is 6.92 Å². The van der Waals surface area contributed by atoms with E-state index in [4.69, 9.17) is 5.11 Å². The Morgan fingerprint density at radius 3 is 3.00 bits per heavy atom. The molecular weight excluding hydrogens is 186 g/mol. The average molecular weight is 197 g/mol. The first kappa shape index (κ1) is 10.4. The number of nitrogens with zero attached hydrogens (tertiary/aromatic N) is 2. The number of hydrogen-bond acceptors (Lipinski definition) is 5. The molecule has 1 heterocycles. The van der Waals surface area contributed by atoms with Gasteiger partial charge in [-0.05, 0) is 12.5 Å². The van der Waals surface area contributed by atoms with Crippen molar-refractivity contribution >= 4 is 11.5 Å². The van der Waals surface area contributed by atoms with Crippen molar-refractivity contribution in [2.24, 2.45) is 0 Å². The minimum absolute atomic E-state index is 0.0709. The fraction of sp³-hybridized carbons (Fsp3) is 0.375. The first-order valence-corrected chi connectivity index (χ1v) is 4.11. The number of aliphatic hydroxyl groups excluding tert-OH is 1. The van der Waals surface area contributed by atoms with Gasteiger partial charge in [0.25, 0.3) is 0 Å². The Hall–Kier alpha value is -1.69. The third-order valence-corrected chi connectivity index (χ3v) is 1.61. The molecule has 0 saturated carbocycles. The predicted molar refractivity (Wildman–Crippen MR) is 51.2 cm³/mol. The molecule has 0 saturated heterocycles. The van der Waals surface area contributed by atoms with E-state index >= 15 is 0 Å². The van der Waals surface area contributed by atoms with Gasteiger partial charge in [-0.2, -0.15) is 0 Å². The van der Waals surface area contributed by atoms with Crippen LogP contribution in [0.25, 0.3) is 0 Å². The third kappa shape index (κ3) is 2.40. The first-order valence-electron chi connectivity index (χ1n) is 4.11. The van der Waals surface area contributed by atoms with E-state index in [0.717, 1.165) is 5.56 Å². The summed E-state index contributed by atoms with van der Waals surface area (Å²) >= 11 is 0. The number of nitro groups is 1. The van der Waals surface area contributed by atoms with E-state index in [-0.39, 0.29) is 24.7 Å². The molecule has 1 aromatic heterocycles. The van der Waals surface area contributed by atoms with Crippen LogP contribution in [0.2, 0.25) is 0 Å². The van der Waals surface area contributed by atoms with Crippen LogP contribution < -0.4 is 5.32 Å². The molecule has 14 heavy (non-hydrogen) atoms. The number of hydrogen-bond donors (Lipinski definition) is 2. The first-order chi connectivity index (χ1) is 6.65. The zero-order valence-corrected chi connectivity index (χ0v) is 7.73. The van der Waals surface area contributed by atoms with Crippen molar-refractivity contribution in [2.45, 2.75) is 6.92 Å². The van der Waals surface area contributed by atoms with Crippen LogP contribution in [0.5, 0.6) is 0 Å². The zero-order valence-electron chi connectivity index (χ0n) is 7.73. The molecular formula is C8H11N3O3. The summed E-state index contributed by atoms with van der Waals surface area (Å²) in [5, 5.41) is 21.8. The van der Waals surface area contributed by atoms with Crippen LogP contribution in [0.4, 0.5) is 11.5 Å². The molecule has 0 fully saturated rings. The van der Waals surface area contributed by atoms with Crippen LogP contribution in [0.1, 0.15) is 5.56 Å². The van der Waals surface area contributed by atoms with Crippen LogP contribution in [0.15, 0.2) is 12.3 Å². The van der Waals surface area contributed by atoms with Crippen LogP contribution in [-0.2, 0) is 0 Å². The van der Waals surface area contributed by atoms with Crippen LogP contribution in [0, 0.1) is 17.0 Å². The van der Waals surface area contributed by atoms with Crippen molar-refractivity contribution < 1.29 is 10.0 Å². The molecule has 0 spiro atoms. The van der Waals surface area contributed by atoms with Crippen molar-refractivity contribution in [3.63, 3.8) is 0 Å². The molecule has 76 valence electrons. The Balaban J connectivity index is 2.96. The summed E-state index contributed by atoms with van der Waals surface area (Å²) in [6.45, 7) is 1.89. The highest BCUT2D eigenvalue weighted by Crippen LogP contribution is 2.21. The molecule has 0 aliphatic carbocycles. The van der Waals surface area contributed by atoms with Gasteiger partial charge in [0.2, 0.25) is 5.82 Å². The number of aryl methyl sites for hydroxylation is 1.